The minimum absolute atomic E-state index is 0.245. The van der Waals surface area contributed by atoms with Crippen LogP contribution in [0.4, 0.5) is 5.69 Å². The number of hydrogen-bond donors (Lipinski definition) is 1. The van der Waals surface area contributed by atoms with Crippen molar-refractivity contribution in [3.63, 3.8) is 0 Å². The molecular weight excluding hydrogens is 420 g/mol. The van der Waals surface area contributed by atoms with Crippen molar-refractivity contribution in [2.75, 3.05) is 36.9 Å². The second kappa shape index (κ2) is 9.47. The Morgan fingerprint density at radius 3 is 2.52 bits per heavy atom. The fourth-order valence-electron chi connectivity index (χ4n) is 3.42. The molecule has 0 saturated heterocycles. The van der Waals surface area contributed by atoms with Gasteiger partial charge in [-0.25, -0.2) is 8.42 Å². The van der Waals surface area contributed by atoms with Crippen LogP contribution in [0.2, 0.25) is 0 Å². The monoisotopic (exact) mass is 448 g/mol. The maximum absolute atomic E-state index is 12.7. The summed E-state index contributed by atoms with van der Waals surface area (Å²) in [5, 5.41) is 2.74. The third kappa shape index (κ3) is 5.61. The summed E-state index contributed by atoms with van der Waals surface area (Å²) in [5.41, 5.74) is 2.49. The number of amides is 1. The van der Waals surface area contributed by atoms with Crippen LogP contribution < -0.4 is 23.8 Å². The molecule has 168 valence electrons. The molecule has 3 rings (SSSR count). The lowest BCUT2D eigenvalue weighted by molar-refractivity contribution is -0.121. The third-order valence-corrected chi connectivity index (χ3v) is 6.10. The van der Waals surface area contributed by atoms with Gasteiger partial charge in [0.15, 0.2) is 11.5 Å². The van der Waals surface area contributed by atoms with E-state index in [0.29, 0.717) is 30.4 Å². The Labute approximate surface area is 183 Å². The van der Waals surface area contributed by atoms with E-state index in [2.05, 4.69) is 5.32 Å². The summed E-state index contributed by atoms with van der Waals surface area (Å²) in [6.07, 6.45) is 1.07. The highest BCUT2D eigenvalue weighted by Gasteiger charge is 2.30. The molecule has 0 saturated carbocycles. The predicted molar refractivity (Wildman–Crippen MR) is 119 cm³/mol. The molecule has 1 atom stereocenters. The number of nitrogens with one attached hydrogen (secondary N) is 1. The van der Waals surface area contributed by atoms with Crippen molar-refractivity contribution in [2.24, 2.45) is 0 Å². The Morgan fingerprint density at radius 1 is 1.13 bits per heavy atom. The average Bonchev–Trinajstić information content (AvgIpc) is 2.71. The molecule has 1 heterocycles. The van der Waals surface area contributed by atoms with Gasteiger partial charge in [-0.05, 0) is 44.5 Å². The highest BCUT2D eigenvalue weighted by molar-refractivity contribution is 7.92. The lowest BCUT2D eigenvalue weighted by Crippen LogP contribution is -2.48. The average molecular weight is 449 g/mol. The third-order valence-electron chi connectivity index (χ3n) is 4.86. The minimum atomic E-state index is -3.73. The molecule has 0 radical (unpaired) electrons. The molecule has 2 aromatic carbocycles. The Bertz CT molecular complexity index is 1050. The van der Waals surface area contributed by atoms with Crippen LogP contribution in [0.15, 0.2) is 36.4 Å². The number of aryl methyl sites for hydroxylation is 2. The van der Waals surface area contributed by atoms with Crippen molar-refractivity contribution in [1.29, 1.82) is 0 Å². The summed E-state index contributed by atoms with van der Waals surface area (Å²) in [6.45, 7) is 6.84. The second-order valence-corrected chi connectivity index (χ2v) is 9.33. The van der Waals surface area contributed by atoms with Gasteiger partial charge in [-0.1, -0.05) is 17.7 Å². The standard InChI is InChI=1S/C22H28N2O6S/c1-15-5-7-19(16(2)13-15)28-10-9-23-22(25)17(3)24(31(4,26)27)18-6-8-20-21(14-18)30-12-11-29-20/h5-8,13-14,17H,9-12H2,1-4H3,(H,23,25)/t17-/m1/s1. The molecule has 0 fully saturated rings. The van der Waals surface area contributed by atoms with E-state index >= 15 is 0 Å². The van der Waals surface area contributed by atoms with Crippen molar-refractivity contribution in [2.45, 2.75) is 26.8 Å². The molecule has 0 aromatic heterocycles. The normalized spacial score (nSPS) is 13.9. The summed E-state index contributed by atoms with van der Waals surface area (Å²) in [6, 6.07) is 9.73. The molecule has 1 amide bonds. The molecule has 1 aliphatic heterocycles. The van der Waals surface area contributed by atoms with Crippen molar-refractivity contribution in [1.82, 2.24) is 5.32 Å². The number of carbonyl (C=O) groups excluding carboxylic acids is 1. The summed E-state index contributed by atoms with van der Waals surface area (Å²) >= 11 is 0. The number of sulfonamides is 1. The van der Waals surface area contributed by atoms with Gasteiger partial charge in [0.25, 0.3) is 0 Å². The molecule has 1 aliphatic rings. The zero-order valence-electron chi connectivity index (χ0n) is 18.2. The van der Waals surface area contributed by atoms with Crippen LogP contribution in [0, 0.1) is 13.8 Å². The molecule has 1 N–H and O–H groups in total. The van der Waals surface area contributed by atoms with E-state index in [-0.39, 0.29) is 13.2 Å². The molecule has 0 unspecified atom stereocenters. The quantitative estimate of drug-likeness (QED) is 0.624. The second-order valence-electron chi connectivity index (χ2n) is 7.47. The predicted octanol–water partition coefficient (Wildman–Crippen LogP) is 2.42. The van der Waals surface area contributed by atoms with Gasteiger partial charge >= 0.3 is 0 Å². The number of hydrogen-bond acceptors (Lipinski definition) is 6. The van der Waals surface area contributed by atoms with Gasteiger partial charge in [-0.3, -0.25) is 9.10 Å². The van der Waals surface area contributed by atoms with Crippen LogP contribution in [0.5, 0.6) is 17.2 Å². The lowest BCUT2D eigenvalue weighted by atomic mass is 10.1. The van der Waals surface area contributed by atoms with Crippen LogP contribution in [0.25, 0.3) is 0 Å². The first-order valence-electron chi connectivity index (χ1n) is 10.0. The first kappa shape index (κ1) is 22.7. The van der Waals surface area contributed by atoms with Gasteiger partial charge < -0.3 is 19.5 Å². The molecule has 8 nitrogen and oxygen atoms in total. The van der Waals surface area contributed by atoms with Crippen LogP contribution >= 0.6 is 0 Å². The van der Waals surface area contributed by atoms with Crippen LogP contribution in [-0.4, -0.2) is 53.0 Å². The van der Waals surface area contributed by atoms with Gasteiger partial charge in [0, 0.05) is 6.07 Å². The van der Waals surface area contributed by atoms with Crippen molar-refractivity contribution in [3.05, 3.63) is 47.5 Å². The van der Waals surface area contributed by atoms with Crippen LogP contribution in [-0.2, 0) is 14.8 Å². The van der Waals surface area contributed by atoms with E-state index in [0.717, 1.165) is 27.4 Å². The van der Waals surface area contributed by atoms with E-state index in [1.165, 1.54) is 6.92 Å². The number of anilines is 1. The Hall–Kier alpha value is -2.94. The van der Waals surface area contributed by atoms with Gasteiger partial charge in [0.2, 0.25) is 15.9 Å². The molecule has 9 heteroatoms. The van der Waals surface area contributed by atoms with Gasteiger partial charge in [-0.15, -0.1) is 0 Å². The molecule has 0 spiro atoms. The Morgan fingerprint density at radius 2 is 1.84 bits per heavy atom. The fourth-order valence-corrected chi connectivity index (χ4v) is 4.59. The van der Waals surface area contributed by atoms with Crippen LogP contribution in [0.1, 0.15) is 18.1 Å². The van der Waals surface area contributed by atoms with Crippen molar-refractivity contribution < 1.29 is 27.4 Å². The van der Waals surface area contributed by atoms with Crippen molar-refractivity contribution in [3.8, 4) is 17.2 Å². The zero-order valence-corrected chi connectivity index (χ0v) is 19.0. The summed E-state index contributed by atoms with van der Waals surface area (Å²) in [5.74, 6) is 1.32. The Balaban J connectivity index is 1.64. The molecule has 31 heavy (non-hydrogen) atoms. The highest BCUT2D eigenvalue weighted by Crippen LogP contribution is 2.35. The maximum Gasteiger partial charge on any atom is 0.243 e. The maximum atomic E-state index is 12.7. The SMILES string of the molecule is Cc1ccc(OCCNC(=O)[C@@H](C)N(c2ccc3c(c2)OCCO3)S(C)(=O)=O)c(C)c1. The molecule has 0 aliphatic carbocycles. The molecule has 2 aromatic rings. The zero-order chi connectivity index (χ0) is 22.6. The smallest absolute Gasteiger partial charge is 0.243 e. The van der Waals surface area contributed by atoms with E-state index in [4.69, 9.17) is 14.2 Å². The first-order valence-corrected chi connectivity index (χ1v) is 11.9. The molecule has 0 bridgehead atoms. The Kier molecular flexibility index (Phi) is 6.94. The minimum Gasteiger partial charge on any atom is -0.491 e. The number of nitrogens with zero attached hydrogens (tertiary/aromatic N) is 1. The number of fused-ring (bicyclic) bond motifs is 1. The summed E-state index contributed by atoms with van der Waals surface area (Å²) in [7, 11) is -3.73. The first-order chi connectivity index (χ1) is 14.7. The number of carbonyl (C=O) groups is 1. The number of ether oxygens (including phenoxy) is 3. The van der Waals surface area contributed by atoms with E-state index < -0.39 is 22.0 Å². The van der Waals surface area contributed by atoms with Gasteiger partial charge in [0.05, 0.1) is 18.5 Å². The number of benzene rings is 2. The van der Waals surface area contributed by atoms with Crippen molar-refractivity contribution >= 4 is 21.6 Å². The van der Waals surface area contributed by atoms with Gasteiger partial charge in [-0.2, -0.15) is 0 Å². The van der Waals surface area contributed by atoms with E-state index in [9.17, 15) is 13.2 Å². The number of rotatable bonds is 8. The summed E-state index contributed by atoms with van der Waals surface area (Å²) in [4.78, 5) is 12.7. The lowest BCUT2D eigenvalue weighted by Gasteiger charge is -2.29. The summed E-state index contributed by atoms with van der Waals surface area (Å²) < 4.78 is 42.8. The highest BCUT2D eigenvalue weighted by atomic mass is 32.2. The fraction of sp³-hybridized carbons (Fsp3) is 0.409. The molecular formula is C22H28N2O6S. The topological polar surface area (TPSA) is 94.2 Å². The van der Waals surface area contributed by atoms with Gasteiger partial charge in [0.1, 0.15) is 31.6 Å². The largest absolute Gasteiger partial charge is 0.491 e. The van der Waals surface area contributed by atoms with E-state index in [1.807, 2.05) is 32.0 Å². The van der Waals surface area contributed by atoms with E-state index in [1.54, 1.807) is 18.2 Å². The van der Waals surface area contributed by atoms with Crippen LogP contribution in [0.3, 0.4) is 0 Å².